The largest absolute Gasteiger partial charge is 0.351 e. The summed E-state index contributed by atoms with van der Waals surface area (Å²) < 4.78 is 0. The fourth-order valence-electron chi connectivity index (χ4n) is 2.38. The van der Waals surface area contributed by atoms with Gasteiger partial charge in [0, 0.05) is 25.2 Å². The fraction of sp³-hybridized carbons (Fsp3) is 0.429. The van der Waals surface area contributed by atoms with Gasteiger partial charge in [-0.05, 0) is 25.5 Å². The van der Waals surface area contributed by atoms with Gasteiger partial charge in [0.05, 0.1) is 5.92 Å². The van der Waals surface area contributed by atoms with Gasteiger partial charge in [0.1, 0.15) is 0 Å². The van der Waals surface area contributed by atoms with Gasteiger partial charge in [0.15, 0.2) is 0 Å². The van der Waals surface area contributed by atoms with Crippen LogP contribution in [0.5, 0.6) is 0 Å². The van der Waals surface area contributed by atoms with E-state index in [2.05, 4.69) is 5.32 Å². The van der Waals surface area contributed by atoms with Crippen LogP contribution in [0, 0.1) is 0 Å². The SMILES string of the molecule is CCN(CC)C(=O)C1CNC(=O)c2ccccc21. The molecule has 0 bridgehead atoms. The van der Waals surface area contributed by atoms with Gasteiger partial charge in [-0.25, -0.2) is 0 Å². The van der Waals surface area contributed by atoms with Crippen LogP contribution in [-0.4, -0.2) is 36.3 Å². The number of carbonyl (C=O) groups is 2. The Bertz CT molecular complexity index is 467. The average molecular weight is 246 g/mol. The van der Waals surface area contributed by atoms with Crippen molar-refractivity contribution in [2.24, 2.45) is 0 Å². The molecule has 4 heteroatoms. The van der Waals surface area contributed by atoms with Crippen LogP contribution in [0.2, 0.25) is 0 Å². The molecule has 1 heterocycles. The zero-order valence-corrected chi connectivity index (χ0v) is 10.8. The maximum atomic E-state index is 12.4. The third-order valence-corrected chi connectivity index (χ3v) is 3.42. The molecule has 0 aromatic heterocycles. The van der Waals surface area contributed by atoms with Crippen molar-refractivity contribution >= 4 is 11.8 Å². The van der Waals surface area contributed by atoms with Gasteiger partial charge in [0.25, 0.3) is 5.91 Å². The summed E-state index contributed by atoms with van der Waals surface area (Å²) in [6.07, 6.45) is 0. The minimum Gasteiger partial charge on any atom is -0.351 e. The Kier molecular flexibility index (Phi) is 3.65. The van der Waals surface area contributed by atoms with Crippen molar-refractivity contribution in [3.05, 3.63) is 35.4 Å². The van der Waals surface area contributed by atoms with E-state index in [0.717, 1.165) is 5.56 Å². The van der Waals surface area contributed by atoms with Gasteiger partial charge in [-0.1, -0.05) is 18.2 Å². The third-order valence-electron chi connectivity index (χ3n) is 3.42. The molecule has 0 aliphatic carbocycles. The van der Waals surface area contributed by atoms with Crippen molar-refractivity contribution in [2.45, 2.75) is 19.8 Å². The highest BCUT2D eigenvalue weighted by Crippen LogP contribution is 2.25. The molecule has 0 saturated carbocycles. The minimum absolute atomic E-state index is 0.0887. The van der Waals surface area contributed by atoms with E-state index in [1.54, 1.807) is 11.0 Å². The fourth-order valence-corrected chi connectivity index (χ4v) is 2.38. The first-order valence-electron chi connectivity index (χ1n) is 6.35. The Morgan fingerprint density at radius 2 is 2.00 bits per heavy atom. The van der Waals surface area contributed by atoms with E-state index >= 15 is 0 Å². The van der Waals surface area contributed by atoms with Crippen molar-refractivity contribution in [1.29, 1.82) is 0 Å². The Morgan fingerprint density at radius 1 is 1.33 bits per heavy atom. The number of hydrogen-bond donors (Lipinski definition) is 1. The predicted molar refractivity (Wildman–Crippen MR) is 69.4 cm³/mol. The summed E-state index contributed by atoms with van der Waals surface area (Å²) in [5.41, 5.74) is 1.47. The number of benzene rings is 1. The first-order valence-corrected chi connectivity index (χ1v) is 6.35. The zero-order valence-electron chi connectivity index (χ0n) is 10.8. The van der Waals surface area contributed by atoms with Crippen LogP contribution in [-0.2, 0) is 4.79 Å². The number of likely N-dealkylation sites (N-methyl/N-ethyl adjacent to an activating group) is 1. The van der Waals surface area contributed by atoms with E-state index in [0.29, 0.717) is 25.2 Å². The molecule has 0 fully saturated rings. The van der Waals surface area contributed by atoms with Gasteiger partial charge in [0.2, 0.25) is 5.91 Å². The second-order valence-electron chi connectivity index (χ2n) is 4.36. The molecule has 18 heavy (non-hydrogen) atoms. The lowest BCUT2D eigenvalue weighted by Gasteiger charge is -2.29. The van der Waals surface area contributed by atoms with Crippen LogP contribution in [0.3, 0.4) is 0 Å². The Labute approximate surface area is 107 Å². The lowest BCUT2D eigenvalue weighted by atomic mass is 9.89. The second kappa shape index (κ2) is 5.21. The van der Waals surface area contributed by atoms with E-state index < -0.39 is 0 Å². The highest BCUT2D eigenvalue weighted by molar-refractivity contribution is 6.00. The maximum absolute atomic E-state index is 12.4. The molecule has 2 amide bonds. The smallest absolute Gasteiger partial charge is 0.251 e. The Balaban J connectivity index is 2.34. The number of hydrogen-bond acceptors (Lipinski definition) is 2. The van der Waals surface area contributed by atoms with E-state index in [4.69, 9.17) is 0 Å². The van der Waals surface area contributed by atoms with Crippen LogP contribution in [0.15, 0.2) is 24.3 Å². The quantitative estimate of drug-likeness (QED) is 0.876. The first-order chi connectivity index (χ1) is 8.69. The third kappa shape index (κ3) is 2.10. The maximum Gasteiger partial charge on any atom is 0.251 e. The molecule has 1 unspecified atom stereocenters. The average Bonchev–Trinajstić information content (AvgIpc) is 2.41. The van der Waals surface area contributed by atoms with Gasteiger partial charge < -0.3 is 10.2 Å². The zero-order chi connectivity index (χ0) is 13.1. The molecule has 4 nitrogen and oxygen atoms in total. The molecule has 1 atom stereocenters. The number of nitrogens with one attached hydrogen (secondary N) is 1. The Hall–Kier alpha value is -1.84. The molecule has 1 aromatic carbocycles. The molecule has 1 aliphatic rings. The highest BCUT2D eigenvalue weighted by atomic mass is 16.2. The van der Waals surface area contributed by atoms with Gasteiger partial charge in [-0.2, -0.15) is 0 Å². The normalized spacial score (nSPS) is 17.9. The molecule has 0 spiro atoms. The molecular weight excluding hydrogens is 228 g/mol. The summed E-state index contributed by atoms with van der Waals surface area (Å²) in [7, 11) is 0. The first kappa shape index (κ1) is 12.6. The summed E-state index contributed by atoms with van der Waals surface area (Å²) in [5, 5.41) is 2.79. The van der Waals surface area contributed by atoms with Crippen LogP contribution in [0.4, 0.5) is 0 Å². The lowest BCUT2D eigenvalue weighted by molar-refractivity contribution is -0.132. The monoisotopic (exact) mass is 246 g/mol. The molecule has 1 aliphatic heterocycles. The molecule has 2 rings (SSSR count). The molecule has 0 saturated heterocycles. The number of nitrogens with zero attached hydrogens (tertiary/aromatic N) is 1. The van der Waals surface area contributed by atoms with Gasteiger partial charge in [-0.15, -0.1) is 0 Å². The summed E-state index contributed by atoms with van der Waals surface area (Å²) in [6.45, 7) is 5.72. The number of fused-ring (bicyclic) bond motifs is 1. The summed E-state index contributed by atoms with van der Waals surface area (Å²) in [5.74, 6) is -0.250. The van der Waals surface area contributed by atoms with Crippen molar-refractivity contribution in [3.8, 4) is 0 Å². The predicted octanol–water partition coefficient (Wildman–Crippen LogP) is 1.38. The van der Waals surface area contributed by atoms with Gasteiger partial charge in [-0.3, -0.25) is 9.59 Å². The standard InChI is InChI=1S/C14H18N2O2/c1-3-16(4-2)14(18)12-9-15-13(17)11-8-6-5-7-10(11)12/h5-8,12H,3-4,9H2,1-2H3,(H,15,17). The molecule has 1 N–H and O–H groups in total. The highest BCUT2D eigenvalue weighted by Gasteiger charge is 2.31. The van der Waals surface area contributed by atoms with E-state index in [1.165, 1.54) is 0 Å². The van der Waals surface area contributed by atoms with E-state index in [-0.39, 0.29) is 17.7 Å². The van der Waals surface area contributed by atoms with Gasteiger partial charge >= 0.3 is 0 Å². The number of rotatable bonds is 3. The van der Waals surface area contributed by atoms with E-state index in [1.807, 2.05) is 32.0 Å². The number of carbonyl (C=O) groups excluding carboxylic acids is 2. The number of amides is 2. The minimum atomic E-state index is -0.251. The van der Waals surface area contributed by atoms with Crippen molar-refractivity contribution in [2.75, 3.05) is 19.6 Å². The van der Waals surface area contributed by atoms with Crippen molar-refractivity contribution in [3.63, 3.8) is 0 Å². The second-order valence-corrected chi connectivity index (χ2v) is 4.36. The molecular formula is C14H18N2O2. The van der Waals surface area contributed by atoms with Crippen molar-refractivity contribution < 1.29 is 9.59 Å². The summed E-state index contributed by atoms with van der Waals surface area (Å²) >= 11 is 0. The van der Waals surface area contributed by atoms with Crippen molar-refractivity contribution in [1.82, 2.24) is 10.2 Å². The molecule has 0 radical (unpaired) electrons. The van der Waals surface area contributed by atoms with Crippen LogP contribution >= 0.6 is 0 Å². The van der Waals surface area contributed by atoms with E-state index in [9.17, 15) is 9.59 Å². The van der Waals surface area contributed by atoms with Crippen LogP contribution in [0.1, 0.15) is 35.7 Å². The Morgan fingerprint density at radius 3 is 2.67 bits per heavy atom. The lowest BCUT2D eigenvalue weighted by Crippen LogP contribution is -2.44. The topological polar surface area (TPSA) is 49.4 Å². The molecule has 1 aromatic rings. The van der Waals surface area contributed by atoms with Crippen LogP contribution in [0.25, 0.3) is 0 Å². The summed E-state index contributed by atoms with van der Waals surface area (Å²) in [6, 6.07) is 7.34. The summed E-state index contributed by atoms with van der Waals surface area (Å²) in [4.78, 5) is 25.9. The molecule has 96 valence electrons. The van der Waals surface area contributed by atoms with Crippen LogP contribution < -0.4 is 5.32 Å².